The molecule has 0 fully saturated rings. The van der Waals surface area contributed by atoms with E-state index in [0.717, 1.165) is 28.8 Å². The van der Waals surface area contributed by atoms with Crippen molar-refractivity contribution >= 4 is 28.5 Å². The number of pyridine rings is 1. The summed E-state index contributed by atoms with van der Waals surface area (Å²) < 4.78 is 1.82. The summed E-state index contributed by atoms with van der Waals surface area (Å²) in [6.07, 6.45) is 2.49. The summed E-state index contributed by atoms with van der Waals surface area (Å²) >= 11 is 0. The van der Waals surface area contributed by atoms with Crippen molar-refractivity contribution in [2.24, 2.45) is 0 Å². The van der Waals surface area contributed by atoms with Gasteiger partial charge in [0.05, 0.1) is 29.4 Å². The van der Waals surface area contributed by atoms with Gasteiger partial charge in [-0.1, -0.05) is 55.0 Å². The van der Waals surface area contributed by atoms with Crippen LogP contribution in [0, 0.1) is 6.92 Å². The standard InChI is InChI=1S/C28H31N5O2/c1-6-20-9-7-8-10-24(20)30-26(34)17-32(5)28(35)22-15-25(21-13-11-19(4)12-14-21)31-27-23(22)16-29-33(27)18(2)3/h7-16,18H,6,17H2,1-5H3,(H,30,34). The Hall–Kier alpha value is -4.00. The van der Waals surface area contributed by atoms with Gasteiger partial charge in [0.1, 0.15) is 0 Å². The van der Waals surface area contributed by atoms with Gasteiger partial charge in [0, 0.05) is 24.3 Å². The van der Waals surface area contributed by atoms with Gasteiger partial charge in [0.2, 0.25) is 5.91 Å². The number of likely N-dealkylation sites (N-methyl/N-ethyl adjacent to an activating group) is 1. The Balaban J connectivity index is 1.66. The predicted molar refractivity (Wildman–Crippen MR) is 139 cm³/mol. The molecule has 0 saturated carbocycles. The highest BCUT2D eigenvalue weighted by Crippen LogP contribution is 2.27. The van der Waals surface area contributed by atoms with Crippen LogP contribution in [0.4, 0.5) is 5.69 Å². The highest BCUT2D eigenvalue weighted by Gasteiger charge is 2.22. The van der Waals surface area contributed by atoms with Crippen LogP contribution in [-0.2, 0) is 11.2 Å². The van der Waals surface area contributed by atoms with Gasteiger partial charge in [-0.25, -0.2) is 9.67 Å². The molecule has 0 aliphatic heterocycles. The molecule has 7 nitrogen and oxygen atoms in total. The van der Waals surface area contributed by atoms with E-state index in [1.165, 1.54) is 4.90 Å². The van der Waals surface area contributed by atoms with Crippen LogP contribution in [0.5, 0.6) is 0 Å². The zero-order chi connectivity index (χ0) is 25.1. The molecule has 4 rings (SSSR count). The Bertz CT molecular complexity index is 1370. The molecule has 0 bridgehead atoms. The normalized spacial score (nSPS) is 11.1. The number of nitrogens with one attached hydrogen (secondary N) is 1. The molecule has 7 heteroatoms. The first-order valence-corrected chi connectivity index (χ1v) is 11.9. The van der Waals surface area contributed by atoms with Crippen molar-refractivity contribution in [1.82, 2.24) is 19.7 Å². The van der Waals surface area contributed by atoms with Gasteiger partial charge in [0.25, 0.3) is 5.91 Å². The fourth-order valence-electron chi connectivity index (χ4n) is 4.08. The second kappa shape index (κ2) is 10.1. The van der Waals surface area contributed by atoms with Gasteiger partial charge < -0.3 is 10.2 Å². The zero-order valence-corrected chi connectivity index (χ0v) is 20.9. The van der Waals surface area contributed by atoms with Crippen molar-refractivity contribution < 1.29 is 9.59 Å². The summed E-state index contributed by atoms with van der Waals surface area (Å²) in [5.41, 5.74) is 5.70. The molecule has 2 aromatic carbocycles. The van der Waals surface area contributed by atoms with Gasteiger partial charge in [-0.15, -0.1) is 0 Å². The van der Waals surface area contributed by atoms with Crippen LogP contribution in [0.1, 0.15) is 48.3 Å². The average Bonchev–Trinajstić information content (AvgIpc) is 3.28. The number of para-hydroxylation sites is 1. The molecule has 1 N–H and O–H groups in total. The van der Waals surface area contributed by atoms with E-state index in [-0.39, 0.29) is 24.4 Å². The number of hydrogen-bond donors (Lipinski definition) is 1. The Morgan fingerprint density at radius 3 is 2.49 bits per heavy atom. The smallest absolute Gasteiger partial charge is 0.254 e. The zero-order valence-electron chi connectivity index (χ0n) is 20.9. The lowest BCUT2D eigenvalue weighted by Gasteiger charge is -2.19. The quantitative estimate of drug-likeness (QED) is 0.400. The van der Waals surface area contributed by atoms with Crippen molar-refractivity contribution in [3.63, 3.8) is 0 Å². The number of amides is 2. The molecular weight excluding hydrogens is 438 g/mol. The Kier molecular flexibility index (Phi) is 6.96. The third-order valence-electron chi connectivity index (χ3n) is 6.03. The summed E-state index contributed by atoms with van der Waals surface area (Å²) in [6.45, 7) is 8.05. The molecular formula is C28H31N5O2. The van der Waals surface area contributed by atoms with E-state index in [2.05, 4.69) is 10.4 Å². The van der Waals surface area contributed by atoms with E-state index in [4.69, 9.17) is 4.98 Å². The van der Waals surface area contributed by atoms with Gasteiger partial charge in [-0.3, -0.25) is 9.59 Å². The number of anilines is 1. The summed E-state index contributed by atoms with van der Waals surface area (Å²) in [5.74, 6) is -0.503. The number of benzene rings is 2. The number of nitrogens with zero attached hydrogens (tertiary/aromatic N) is 4. The summed E-state index contributed by atoms with van der Waals surface area (Å²) in [4.78, 5) is 32.6. The summed E-state index contributed by atoms with van der Waals surface area (Å²) in [5, 5.41) is 8.09. The van der Waals surface area contributed by atoms with Crippen LogP contribution in [0.3, 0.4) is 0 Å². The SMILES string of the molecule is CCc1ccccc1NC(=O)CN(C)C(=O)c1cc(-c2ccc(C)cc2)nc2c1cnn2C(C)C. The maximum absolute atomic E-state index is 13.6. The lowest BCUT2D eigenvalue weighted by molar-refractivity contribution is -0.116. The molecule has 35 heavy (non-hydrogen) atoms. The van der Waals surface area contributed by atoms with Gasteiger partial charge in [0.15, 0.2) is 5.65 Å². The van der Waals surface area contributed by atoms with Gasteiger partial charge >= 0.3 is 0 Å². The largest absolute Gasteiger partial charge is 0.332 e. The number of hydrogen-bond acceptors (Lipinski definition) is 4. The van der Waals surface area contributed by atoms with Crippen molar-refractivity contribution in [1.29, 1.82) is 0 Å². The highest BCUT2D eigenvalue weighted by atomic mass is 16.2. The number of carbonyl (C=O) groups excluding carboxylic acids is 2. The number of rotatable bonds is 7. The summed E-state index contributed by atoms with van der Waals surface area (Å²) in [7, 11) is 1.64. The first-order valence-electron chi connectivity index (χ1n) is 11.9. The molecule has 0 aliphatic carbocycles. The molecule has 2 amide bonds. The third-order valence-corrected chi connectivity index (χ3v) is 6.03. The topological polar surface area (TPSA) is 80.1 Å². The average molecular weight is 470 g/mol. The molecule has 4 aromatic rings. The monoisotopic (exact) mass is 469 g/mol. The first-order chi connectivity index (χ1) is 16.8. The minimum absolute atomic E-state index is 0.0706. The molecule has 0 saturated heterocycles. The Labute approximate surface area is 205 Å². The number of carbonyl (C=O) groups is 2. The van der Waals surface area contributed by atoms with Crippen LogP contribution < -0.4 is 5.32 Å². The van der Waals surface area contributed by atoms with Gasteiger partial charge in [-0.2, -0.15) is 5.10 Å². The van der Waals surface area contributed by atoms with Crippen molar-refractivity contribution in [3.8, 4) is 11.3 Å². The lowest BCUT2D eigenvalue weighted by atomic mass is 10.0. The molecule has 0 radical (unpaired) electrons. The van der Waals surface area contributed by atoms with E-state index in [1.54, 1.807) is 19.3 Å². The molecule has 180 valence electrons. The third kappa shape index (κ3) is 5.09. The molecule has 0 aliphatic rings. The van der Waals surface area contributed by atoms with Crippen LogP contribution in [0.15, 0.2) is 60.8 Å². The van der Waals surface area contributed by atoms with E-state index >= 15 is 0 Å². The first kappa shape index (κ1) is 24.1. The molecule has 2 aromatic heterocycles. The highest BCUT2D eigenvalue weighted by molar-refractivity contribution is 6.08. The molecule has 2 heterocycles. The van der Waals surface area contributed by atoms with E-state index < -0.39 is 0 Å². The fourth-order valence-corrected chi connectivity index (χ4v) is 4.08. The van der Waals surface area contributed by atoms with Crippen LogP contribution in [0.25, 0.3) is 22.3 Å². The van der Waals surface area contributed by atoms with Crippen LogP contribution in [0.2, 0.25) is 0 Å². The van der Waals surface area contributed by atoms with Crippen LogP contribution >= 0.6 is 0 Å². The van der Waals surface area contributed by atoms with Crippen molar-refractivity contribution in [3.05, 3.63) is 77.5 Å². The van der Waals surface area contributed by atoms with Gasteiger partial charge in [-0.05, 0) is 44.9 Å². The molecule has 0 atom stereocenters. The lowest BCUT2D eigenvalue weighted by Crippen LogP contribution is -2.35. The van der Waals surface area contributed by atoms with Crippen LogP contribution in [-0.4, -0.2) is 45.1 Å². The predicted octanol–water partition coefficient (Wildman–Crippen LogP) is 5.26. The number of aryl methyl sites for hydroxylation is 2. The maximum Gasteiger partial charge on any atom is 0.254 e. The second-order valence-electron chi connectivity index (χ2n) is 9.06. The molecule has 0 unspecified atom stereocenters. The summed E-state index contributed by atoms with van der Waals surface area (Å²) in [6, 6.07) is 17.6. The second-order valence-corrected chi connectivity index (χ2v) is 9.06. The van der Waals surface area contributed by atoms with E-state index in [1.807, 2.05) is 80.9 Å². The molecule has 0 spiro atoms. The fraction of sp³-hybridized carbons (Fsp3) is 0.286. The van der Waals surface area contributed by atoms with E-state index in [0.29, 0.717) is 22.3 Å². The van der Waals surface area contributed by atoms with E-state index in [9.17, 15) is 9.59 Å². The van der Waals surface area contributed by atoms with Crippen molar-refractivity contribution in [2.75, 3.05) is 18.9 Å². The minimum atomic E-state index is -0.256. The maximum atomic E-state index is 13.6. The minimum Gasteiger partial charge on any atom is -0.332 e. The van der Waals surface area contributed by atoms with Crippen molar-refractivity contribution in [2.45, 2.75) is 40.2 Å². The Morgan fingerprint density at radius 1 is 1.09 bits per heavy atom. The number of fused-ring (bicyclic) bond motifs is 1. The number of aromatic nitrogens is 3. The Morgan fingerprint density at radius 2 is 1.80 bits per heavy atom.